The zero-order chi connectivity index (χ0) is 11.5. The molecule has 1 rings (SSSR count). The third-order valence-corrected chi connectivity index (χ3v) is 3.74. The highest BCUT2D eigenvalue weighted by Gasteiger charge is 2.34. The van der Waals surface area contributed by atoms with E-state index in [2.05, 4.69) is 5.32 Å². The van der Waals surface area contributed by atoms with Crippen LogP contribution in [0.15, 0.2) is 0 Å². The summed E-state index contributed by atoms with van der Waals surface area (Å²) in [5, 5.41) is 2.92. The molecule has 4 heteroatoms. The lowest BCUT2D eigenvalue weighted by atomic mass is 9.86. The van der Waals surface area contributed by atoms with Crippen molar-refractivity contribution in [1.29, 1.82) is 0 Å². The SMILES string of the molecule is CCC(C)(C(=O)NCCC1CC1)C(N)=S. The highest BCUT2D eigenvalue weighted by molar-refractivity contribution is 7.80. The Bertz CT molecular complexity index is 263. The predicted octanol–water partition coefficient (Wildman–Crippen LogP) is 1.61. The van der Waals surface area contributed by atoms with E-state index in [1.807, 2.05) is 13.8 Å². The van der Waals surface area contributed by atoms with Gasteiger partial charge in [-0.25, -0.2) is 0 Å². The Morgan fingerprint density at radius 1 is 1.60 bits per heavy atom. The molecule has 3 N–H and O–H groups in total. The van der Waals surface area contributed by atoms with Crippen LogP contribution in [0.25, 0.3) is 0 Å². The Morgan fingerprint density at radius 3 is 2.60 bits per heavy atom. The molecule has 15 heavy (non-hydrogen) atoms. The van der Waals surface area contributed by atoms with E-state index in [-0.39, 0.29) is 10.9 Å². The van der Waals surface area contributed by atoms with Crippen molar-refractivity contribution in [2.45, 2.75) is 39.5 Å². The second-order valence-corrected chi connectivity index (χ2v) is 4.98. The van der Waals surface area contributed by atoms with Gasteiger partial charge < -0.3 is 11.1 Å². The van der Waals surface area contributed by atoms with Gasteiger partial charge in [-0.1, -0.05) is 32.0 Å². The summed E-state index contributed by atoms with van der Waals surface area (Å²) in [6.07, 6.45) is 4.37. The molecule has 1 aliphatic rings. The fraction of sp³-hybridized carbons (Fsp3) is 0.818. The van der Waals surface area contributed by atoms with Gasteiger partial charge in [-0.05, 0) is 25.7 Å². The van der Waals surface area contributed by atoms with Gasteiger partial charge in [-0.15, -0.1) is 0 Å². The van der Waals surface area contributed by atoms with Gasteiger partial charge >= 0.3 is 0 Å². The van der Waals surface area contributed by atoms with Gasteiger partial charge in [0.05, 0.1) is 10.4 Å². The quantitative estimate of drug-likeness (QED) is 0.679. The molecule has 1 aliphatic carbocycles. The fourth-order valence-corrected chi connectivity index (χ4v) is 1.68. The maximum Gasteiger partial charge on any atom is 0.232 e. The molecule has 0 aromatic heterocycles. The molecule has 86 valence electrons. The summed E-state index contributed by atoms with van der Waals surface area (Å²) >= 11 is 4.94. The van der Waals surface area contributed by atoms with Crippen LogP contribution in [0.1, 0.15) is 39.5 Å². The van der Waals surface area contributed by atoms with Gasteiger partial charge in [0.2, 0.25) is 5.91 Å². The number of hydrogen-bond acceptors (Lipinski definition) is 2. The molecule has 0 saturated heterocycles. The largest absolute Gasteiger partial charge is 0.392 e. The monoisotopic (exact) mass is 228 g/mol. The third-order valence-electron chi connectivity index (χ3n) is 3.29. The molecule has 1 fully saturated rings. The number of carbonyl (C=O) groups excluding carboxylic acids is 1. The molecule has 1 amide bonds. The van der Waals surface area contributed by atoms with Crippen molar-refractivity contribution in [2.24, 2.45) is 17.1 Å². The van der Waals surface area contributed by atoms with Crippen molar-refractivity contribution in [2.75, 3.05) is 6.54 Å². The van der Waals surface area contributed by atoms with Crippen LogP contribution in [-0.4, -0.2) is 17.4 Å². The standard InChI is InChI=1S/C11H20N2OS/c1-3-11(2,9(12)15)10(14)13-7-6-8-4-5-8/h8H,3-7H2,1-2H3,(H2,12,15)(H,13,14). The molecule has 1 atom stereocenters. The summed E-state index contributed by atoms with van der Waals surface area (Å²) < 4.78 is 0. The molecule has 1 saturated carbocycles. The number of thiocarbonyl (C=S) groups is 1. The van der Waals surface area contributed by atoms with E-state index in [0.717, 1.165) is 18.9 Å². The number of amides is 1. The molecule has 3 nitrogen and oxygen atoms in total. The summed E-state index contributed by atoms with van der Waals surface area (Å²) in [6.45, 7) is 4.49. The number of nitrogens with two attached hydrogens (primary N) is 1. The Kier molecular flexibility index (Phi) is 4.08. The number of rotatable bonds is 6. The lowest BCUT2D eigenvalue weighted by Gasteiger charge is -2.25. The van der Waals surface area contributed by atoms with E-state index >= 15 is 0 Å². The second-order valence-electron chi connectivity index (χ2n) is 4.54. The van der Waals surface area contributed by atoms with Crippen molar-refractivity contribution in [3.63, 3.8) is 0 Å². The minimum Gasteiger partial charge on any atom is -0.392 e. The van der Waals surface area contributed by atoms with Crippen molar-refractivity contribution in [1.82, 2.24) is 5.32 Å². The van der Waals surface area contributed by atoms with Gasteiger partial charge in [0.25, 0.3) is 0 Å². The average Bonchev–Trinajstić information content (AvgIpc) is 2.99. The van der Waals surface area contributed by atoms with E-state index in [9.17, 15) is 4.79 Å². The van der Waals surface area contributed by atoms with Crippen molar-refractivity contribution >= 4 is 23.1 Å². The van der Waals surface area contributed by atoms with E-state index in [0.29, 0.717) is 6.42 Å². The molecule has 0 radical (unpaired) electrons. The maximum atomic E-state index is 11.9. The molecule has 0 spiro atoms. The molecule has 0 bridgehead atoms. The predicted molar refractivity (Wildman–Crippen MR) is 65.5 cm³/mol. The molecule has 0 aromatic rings. The van der Waals surface area contributed by atoms with Crippen LogP contribution in [0.5, 0.6) is 0 Å². The first kappa shape index (κ1) is 12.4. The van der Waals surface area contributed by atoms with E-state index < -0.39 is 5.41 Å². The lowest BCUT2D eigenvalue weighted by molar-refractivity contribution is -0.126. The summed E-state index contributed by atoms with van der Waals surface area (Å²) in [5.41, 5.74) is 4.92. The van der Waals surface area contributed by atoms with Gasteiger partial charge in [0.1, 0.15) is 0 Å². The van der Waals surface area contributed by atoms with Gasteiger partial charge in [-0.2, -0.15) is 0 Å². The van der Waals surface area contributed by atoms with Crippen LogP contribution in [0.4, 0.5) is 0 Å². The first-order valence-corrected chi connectivity index (χ1v) is 5.99. The minimum absolute atomic E-state index is 0.0295. The third kappa shape index (κ3) is 3.16. The molecule has 0 aromatic carbocycles. The number of hydrogen-bond donors (Lipinski definition) is 2. The molecule has 0 aliphatic heterocycles. The van der Waals surface area contributed by atoms with Crippen molar-refractivity contribution in [3.8, 4) is 0 Å². The van der Waals surface area contributed by atoms with Crippen LogP contribution < -0.4 is 11.1 Å². The highest BCUT2D eigenvalue weighted by Crippen LogP contribution is 2.31. The minimum atomic E-state index is -0.682. The maximum absolute atomic E-state index is 11.9. The fourth-order valence-electron chi connectivity index (χ4n) is 1.44. The van der Waals surface area contributed by atoms with Gasteiger partial charge in [0, 0.05) is 6.54 Å². The van der Waals surface area contributed by atoms with Gasteiger partial charge in [-0.3, -0.25) is 4.79 Å². The topological polar surface area (TPSA) is 55.1 Å². The van der Waals surface area contributed by atoms with Crippen LogP contribution in [-0.2, 0) is 4.79 Å². The van der Waals surface area contributed by atoms with E-state index in [4.69, 9.17) is 18.0 Å². The van der Waals surface area contributed by atoms with Crippen molar-refractivity contribution in [3.05, 3.63) is 0 Å². The average molecular weight is 228 g/mol. The van der Waals surface area contributed by atoms with Crippen LogP contribution in [0.3, 0.4) is 0 Å². The Hall–Kier alpha value is -0.640. The summed E-state index contributed by atoms with van der Waals surface area (Å²) in [5.74, 6) is 0.807. The van der Waals surface area contributed by atoms with E-state index in [1.54, 1.807) is 0 Å². The number of carbonyl (C=O) groups is 1. The molecule has 1 unspecified atom stereocenters. The second kappa shape index (κ2) is 4.92. The van der Waals surface area contributed by atoms with Crippen molar-refractivity contribution < 1.29 is 4.79 Å². The summed E-state index contributed by atoms with van der Waals surface area (Å²) in [4.78, 5) is 12.1. The Balaban J connectivity index is 2.37. The summed E-state index contributed by atoms with van der Waals surface area (Å²) in [6, 6.07) is 0. The zero-order valence-corrected chi connectivity index (χ0v) is 10.3. The smallest absolute Gasteiger partial charge is 0.232 e. The zero-order valence-electron chi connectivity index (χ0n) is 9.51. The first-order chi connectivity index (χ1) is 7.00. The van der Waals surface area contributed by atoms with E-state index in [1.165, 1.54) is 12.8 Å². The Morgan fingerprint density at radius 2 is 2.20 bits per heavy atom. The van der Waals surface area contributed by atoms with Gasteiger partial charge in [0.15, 0.2) is 0 Å². The summed E-state index contributed by atoms with van der Waals surface area (Å²) in [7, 11) is 0. The highest BCUT2D eigenvalue weighted by atomic mass is 32.1. The lowest BCUT2D eigenvalue weighted by Crippen LogP contribution is -2.46. The normalized spacial score (nSPS) is 19.3. The van der Waals surface area contributed by atoms with Crippen LogP contribution in [0.2, 0.25) is 0 Å². The molecule has 0 heterocycles. The molecular formula is C11H20N2OS. The first-order valence-electron chi connectivity index (χ1n) is 5.59. The Labute approximate surface area is 96.8 Å². The van der Waals surface area contributed by atoms with Crippen LogP contribution >= 0.6 is 12.2 Å². The van der Waals surface area contributed by atoms with Crippen LogP contribution in [0, 0.1) is 11.3 Å². The number of nitrogens with one attached hydrogen (secondary N) is 1. The molecular weight excluding hydrogens is 208 g/mol.